The Labute approximate surface area is 175 Å². The van der Waals surface area contributed by atoms with E-state index in [-0.39, 0.29) is 24.6 Å². The van der Waals surface area contributed by atoms with Crippen LogP contribution in [0.1, 0.15) is 25.6 Å². The molecule has 1 aliphatic heterocycles. The summed E-state index contributed by atoms with van der Waals surface area (Å²) in [4.78, 5) is 32.5. The van der Waals surface area contributed by atoms with Crippen LogP contribution in [-0.2, 0) is 11.4 Å². The topological polar surface area (TPSA) is 76.5 Å². The van der Waals surface area contributed by atoms with Crippen molar-refractivity contribution in [3.63, 3.8) is 0 Å². The number of piperidine rings is 1. The molecule has 1 aliphatic rings. The quantitative estimate of drug-likeness (QED) is 0.681. The second-order valence-electron chi connectivity index (χ2n) is 7.78. The van der Waals surface area contributed by atoms with E-state index in [2.05, 4.69) is 22.2 Å². The van der Waals surface area contributed by atoms with Gasteiger partial charge >= 0.3 is 0 Å². The van der Waals surface area contributed by atoms with Crippen molar-refractivity contribution in [3.8, 4) is 5.75 Å². The zero-order valence-electron chi connectivity index (χ0n) is 17.1. The Bertz CT molecular complexity index is 1070. The molecule has 1 N–H and O–H groups in total. The molecule has 0 unspecified atom stereocenters. The van der Waals surface area contributed by atoms with E-state index >= 15 is 0 Å². The number of carbonyl (C=O) groups excluding carboxylic acids is 1. The monoisotopic (exact) mass is 406 g/mol. The number of hydrogen-bond acceptors (Lipinski definition) is 5. The Kier molecular flexibility index (Phi) is 6.09. The van der Waals surface area contributed by atoms with Crippen LogP contribution in [0.4, 0.5) is 0 Å². The second kappa shape index (κ2) is 9.09. The third kappa shape index (κ3) is 4.68. The van der Waals surface area contributed by atoms with Gasteiger partial charge in [0.1, 0.15) is 12.4 Å². The summed E-state index contributed by atoms with van der Waals surface area (Å²) in [7, 11) is 0. The van der Waals surface area contributed by atoms with Crippen molar-refractivity contribution in [2.45, 2.75) is 26.4 Å². The molecule has 0 bridgehead atoms. The van der Waals surface area contributed by atoms with Crippen LogP contribution in [0.15, 0.2) is 59.4 Å². The lowest BCUT2D eigenvalue weighted by Gasteiger charge is -2.29. The van der Waals surface area contributed by atoms with Crippen molar-refractivity contribution in [2.75, 3.05) is 25.1 Å². The van der Waals surface area contributed by atoms with E-state index in [0.717, 1.165) is 25.9 Å². The molecule has 2 aromatic carbocycles. The van der Waals surface area contributed by atoms with Gasteiger partial charge in [-0.2, -0.15) is 4.68 Å². The number of aromatic nitrogens is 2. The first-order chi connectivity index (χ1) is 14.6. The van der Waals surface area contributed by atoms with Gasteiger partial charge < -0.3 is 4.74 Å². The predicted octanol–water partition coefficient (Wildman–Crippen LogP) is 2.78. The molecule has 0 radical (unpaired) electrons. The minimum Gasteiger partial charge on any atom is -0.486 e. The van der Waals surface area contributed by atoms with Crippen LogP contribution in [0, 0.1) is 5.92 Å². The van der Waals surface area contributed by atoms with Gasteiger partial charge in [-0.05, 0) is 56.1 Å². The Hall–Kier alpha value is -3.19. The summed E-state index contributed by atoms with van der Waals surface area (Å²) in [5.74, 6) is 1.48. The van der Waals surface area contributed by atoms with E-state index in [4.69, 9.17) is 4.74 Å². The highest BCUT2D eigenvalue weighted by Gasteiger charge is 2.19. The van der Waals surface area contributed by atoms with Crippen molar-refractivity contribution in [2.24, 2.45) is 5.92 Å². The van der Waals surface area contributed by atoms with Crippen LogP contribution in [0.2, 0.25) is 0 Å². The number of rotatable bonds is 6. The minimum atomic E-state index is -0.312. The molecule has 1 amide bonds. The zero-order chi connectivity index (χ0) is 20.9. The lowest BCUT2D eigenvalue weighted by atomic mass is 9.99. The van der Waals surface area contributed by atoms with Crippen LogP contribution < -0.4 is 15.7 Å². The van der Waals surface area contributed by atoms with Gasteiger partial charge in [0, 0.05) is 0 Å². The molecule has 7 heteroatoms. The number of fused-ring (bicyclic) bond motifs is 1. The lowest BCUT2D eigenvalue weighted by molar-refractivity contribution is -0.118. The van der Waals surface area contributed by atoms with Crippen LogP contribution in [0.25, 0.3) is 10.9 Å². The molecule has 1 saturated heterocycles. The molecular formula is C23H26N4O3. The molecule has 3 aromatic rings. The smallest absolute Gasteiger partial charge is 0.280 e. The largest absolute Gasteiger partial charge is 0.486 e. The molecular weight excluding hydrogens is 380 g/mol. The van der Waals surface area contributed by atoms with Gasteiger partial charge in [0.05, 0.1) is 17.4 Å². The SMILES string of the molecule is CC1CCN(CC(=O)Nn2c(COc3ccccc3)nc3ccccc3c2=O)CC1. The number of benzene rings is 2. The van der Waals surface area contributed by atoms with Gasteiger partial charge in [-0.15, -0.1) is 0 Å². The molecule has 0 aliphatic carbocycles. The molecule has 2 heterocycles. The first kappa shape index (κ1) is 20.1. The molecule has 0 saturated carbocycles. The third-order valence-corrected chi connectivity index (χ3v) is 5.44. The number of amides is 1. The van der Waals surface area contributed by atoms with Gasteiger partial charge in [0.25, 0.3) is 11.5 Å². The average Bonchev–Trinajstić information content (AvgIpc) is 2.77. The lowest BCUT2D eigenvalue weighted by Crippen LogP contribution is -2.43. The molecule has 0 atom stereocenters. The number of carbonyl (C=O) groups is 1. The maximum Gasteiger partial charge on any atom is 0.280 e. The molecule has 156 valence electrons. The summed E-state index contributed by atoms with van der Waals surface area (Å²) in [6.07, 6.45) is 2.17. The molecule has 0 spiro atoms. The van der Waals surface area contributed by atoms with Crippen LogP contribution in [0.3, 0.4) is 0 Å². The minimum absolute atomic E-state index is 0.0611. The van der Waals surface area contributed by atoms with Crippen molar-refractivity contribution in [1.82, 2.24) is 14.6 Å². The summed E-state index contributed by atoms with van der Waals surface area (Å²) in [5.41, 5.74) is 3.01. The van der Waals surface area contributed by atoms with Crippen molar-refractivity contribution < 1.29 is 9.53 Å². The Morgan fingerprint density at radius 3 is 2.57 bits per heavy atom. The van der Waals surface area contributed by atoms with Crippen molar-refractivity contribution in [1.29, 1.82) is 0 Å². The first-order valence-corrected chi connectivity index (χ1v) is 10.3. The van der Waals surface area contributed by atoms with E-state index < -0.39 is 0 Å². The van der Waals surface area contributed by atoms with Gasteiger partial charge in [-0.25, -0.2) is 4.98 Å². The van der Waals surface area contributed by atoms with Gasteiger partial charge in [-0.1, -0.05) is 37.3 Å². The molecule has 4 rings (SSSR count). The number of nitrogens with zero attached hydrogens (tertiary/aromatic N) is 3. The Morgan fingerprint density at radius 2 is 1.80 bits per heavy atom. The highest BCUT2D eigenvalue weighted by atomic mass is 16.5. The fraction of sp³-hybridized carbons (Fsp3) is 0.348. The fourth-order valence-electron chi connectivity index (χ4n) is 3.64. The number of hydrogen-bond donors (Lipinski definition) is 1. The fourth-order valence-corrected chi connectivity index (χ4v) is 3.64. The predicted molar refractivity (Wildman–Crippen MR) is 116 cm³/mol. The first-order valence-electron chi connectivity index (χ1n) is 10.3. The number of likely N-dealkylation sites (tertiary alicyclic amines) is 1. The molecule has 1 fully saturated rings. The maximum absolute atomic E-state index is 13.1. The van der Waals surface area contributed by atoms with Crippen LogP contribution in [0.5, 0.6) is 5.75 Å². The van der Waals surface area contributed by atoms with Crippen molar-refractivity contribution in [3.05, 3.63) is 70.8 Å². The van der Waals surface area contributed by atoms with E-state index in [0.29, 0.717) is 28.4 Å². The van der Waals surface area contributed by atoms with Gasteiger partial charge in [0.15, 0.2) is 5.82 Å². The van der Waals surface area contributed by atoms with E-state index in [1.807, 2.05) is 36.4 Å². The zero-order valence-corrected chi connectivity index (χ0v) is 17.1. The highest BCUT2D eigenvalue weighted by Crippen LogP contribution is 2.16. The normalized spacial score (nSPS) is 15.2. The van der Waals surface area contributed by atoms with Crippen molar-refractivity contribution >= 4 is 16.8 Å². The Morgan fingerprint density at radius 1 is 1.10 bits per heavy atom. The van der Waals surface area contributed by atoms with E-state index in [9.17, 15) is 9.59 Å². The van der Waals surface area contributed by atoms with E-state index in [1.165, 1.54) is 4.68 Å². The van der Waals surface area contributed by atoms with Gasteiger partial charge in [0.2, 0.25) is 0 Å². The summed E-state index contributed by atoms with van der Waals surface area (Å²) < 4.78 is 7.02. The number of ether oxygens (including phenoxy) is 1. The average molecular weight is 406 g/mol. The molecule has 7 nitrogen and oxygen atoms in total. The van der Waals surface area contributed by atoms with E-state index in [1.54, 1.807) is 18.2 Å². The number of nitrogens with one attached hydrogen (secondary N) is 1. The molecule has 1 aromatic heterocycles. The summed E-state index contributed by atoms with van der Waals surface area (Å²) >= 11 is 0. The van der Waals surface area contributed by atoms with Gasteiger partial charge in [-0.3, -0.25) is 19.9 Å². The molecule has 30 heavy (non-hydrogen) atoms. The third-order valence-electron chi connectivity index (χ3n) is 5.44. The van der Waals surface area contributed by atoms with Crippen LogP contribution >= 0.6 is 0 Å². The number of para-hydroxylation sites is 2. The Balaban J connectivity index is 1.57. The summed E-state index contributed by atoms with van der Waals surface area (Å²) in [6, 6.07) is 16.4. The van der Waals surface area contributed by atoms with Crippen LogP contribution in [-0.4, -0.2) is 40.1 Å². The highest BCUT2D eigenvalue weighted by molar-refractivity contribution is 5.86. The summed E-state index contributed by atoms with van der Waals surface area (Å²) in [6.45, 7) is 4.33. The summed E-state index contributed by atoms with van der Waals surface area (Å²) in [5, 5.41) is 0.452. The standard InChI is InChI=1S/C23H26N4O3/c1-17-11-13-26(14-12-17)15-22(28)25-27-21(16-30-18-7-3-2-4-8-18)24-20-10-6-5-9-19(20)23(27)29/h2-10,17H,11-16H2,1H3,(H,25,28). The maximum atomic E-state index is 13.1. The second-order valence-corrected chi connectivity index (χ2v) is 7.78.